The lowest BCUT2D eigenvalue weighted by Gasteiger charge is -2.05. The third-order valence-electron chi connectivity index (χ3n) is 0.650. The topological polar surface area (TPSA) is 0 Å². The number of alkyl halides is 5. The summed E-state index contributed by atoms with van der Waals surface area (Å²) >= 11 is 1.37. The highest BCUT2D eigenvalue weighted by Gasteiger charge is 2.37. The van der Waals surface area contributed by atoms with Gasteiger partial charge in [-0.05, 0) is 15.9 Å². The smallest absolute Gasteiger partial charge is 0.202 e. The third kappa shape index (κ3) is 3.13. The van der Waals surface area contributed by atoms with Gasteiger partial charge in [0, 0.05) is 0 Å². The van der Waals surface area contributed by atoms with Gasteiger partial charge < -0.3 is 0 Å². The maximum Gasteiger partial charge on any atom is 0.354 e. The average Bonchev–Trinajstić information content (AvgIpc) is 1.82. The van der Waals surface area contributed by atoms with Crippen molar-refractivity contribution in [2.24, 2.45) is 0 Å². The van der Waals surface area contributed by atoms with E-state index < -0.39 is 22.9 Å². The van der Waals surface area contributed by atoms with Gasteiger partial charge in [-0.25, -0.2) is 17.6 Å². The lowest BCUT2D eigenvalue weighted by Crippen LogP contribution is -2.09. The molecule has 0 aliphatic rings. The highest BCUT2D eigenvalue weighted by atomic mass is 79.9. The molecule has 0 aromatic rings. The van der Waals surface area contributed by atoms with Crippen LogP contribution in [0.2, 0.25) is 0 Å². The summed E-state index contributed by atoms with van der Waals surface area (Å²) in [7, 11) is 0. The molecule has 0 N–H and O–H groups in total. The molecule has 0 bridgehead atoms. The Bertz CT molecular complexity index is 168. The van der Waals surface area contributed by atoms with Gasteiger partial charge in [0.05, 0.1) is 0 Å². The van der Waals surface area contributed by atoms with Crippen molar-refractivity contribution in [2.45, 2.75) is 11.3 Å². The molecule has 0 aliphatic heterocycles. The minimum Gasteiger partial charge on any atom is -0.202 e. The second-order valence-corrected chi connectivity index (χ2v) is 2.46. The first-order valence-electron chi connectivity index (χ1n) is 2.17. The van der Waals surface area contributed by atoms with E-state index in [4.69, 9.17) is 0 Å². The summed E-state index contributed by atoms with van der Waals surface area (Å²) in [6, 6.07) is 0. The molecule has 0 saturated heterocycles. The van der Waals surface area contributed by atoms with E-state index in [0.29, 0.717) is 0 Å². The van der Waals surface area contributed by atoms with E-state index in [1.54, 1.807) is 0 Å². The van der Waals surface area contributed by atoms with E-state index in [0.717, 1.165) is 0 Å². The molecule has 0 nitrogen and oxygen atoms in total. The Morgan fingerprint density at radius 2 is 1.55 bits per heavy atom. The number of halogens is 7. The average molecular weight is 243 g/mol. The molecule has 0 spiro atoms. The first-order chi connectivity index (χ1) is 4.76. The molecular formula is C4HBrF6. The quantitative estimate of drug-likeness (QED) is 0.515. The van der Waals surface area contributed by atoms with Crippen molar-refractivity contribution in [3.8, 4) is 0 Å². The molecule has 0 aliphatic carbocycles. The van der Waals surface area contributed by atoms with Gasteiger partial charge in [0.1, 0.15) is 0 Å². The van der Waals surface area contributed by atoms with Crippen molar-refractivity contribution in [3.63, 3.8) is 0 Å². The van der Waals surface area contributed by atoms with Crippen LogP contribution in [0.3, 0.4) is 0 Å². The van der Waals surface area contributed by atoms with Crippen LogP contribution >= 0.6 is 15.9 Å². The molecule has 0 rings (SSSR count). The van der Waals surface area contributed by atoms with E-state index >= 15 is 0 Å². The number of rotatable bonds is 2. The van der Waals surface area contributed by atoms with Crippen LogP contribution in [0.1, 0.15) is 0 Å². The lowest BCUT2D eigenvalue weighted by molar-refractivity contribution is 0.0994. The SMILES string of the molecule is F/C(=C(\F)C(F)(F)Br)C(F)F. The standard InChI is InChI=1S/C4HBrF6/c5-4(10,11)2(7)1(6)3(8)9/h3H/b2-1-. The van der Waals surface area contributed by atoms with Gasteiger partial charge in [-0.3, -0.25) is 0 Å². The van der Waals surface area contributed by atoms with Crippen molar-refractivity contribution >= 4 is 15.9 Å². The number of hydrogen-bond acceptors (Lipinski definition) is 0. The Kier molecular flexibility index (Phi) is 3.40. The predicted octanol–water partition coefficient (Wildman–Crippen LogP) is 3.39. The van der Waals surface area contributed by atoms with Gasteiger partial charge in [0.15, 0.2) is 0 Å². The van der Waals surface area contributed by atoms with Crippen LogP contribution in [-0.4, -0.2) is 11.3 Å². The van der Waals surface area contributed by atoms with Crippen LogP contribution in [0.5, 0.6) is 0 Å². The highest BCUT2D eigenvalue weighted by Crippen LogP contribution is 2.35. The predicted molar refractivity (Wildman–Crippen MR) is 29.1 cm³/mol. The Hall–Kier alpha value is -0.200. The zero-order chi connectivity index (χ0) is 9.23. The Morgan fingerprint density at radius 1 is 1.18 bits per heavy atom. The van der Waals surface area contributed by atoms with Crippen molar-refractivity contribution in [3.05, 3.63) is 11.7 Å². The van der Waals surface area contributed by atoms with Crippen molar-refractivity contribution in [1.29, 1.82) is 0 Å². The molecule has 0 aromatic carbocycles. The zero-order valence-corrected chi connectivity index (χ0v) is 6.31. The molecule has 0 heterocycles. The van der Waals surface area contributed by atoms with E-state index in [1.165, 1.54) is 15.9 Å². The second kappa shape index (κ2) is 3.46. The van der Waals surface area contributed by atoms with Gasteiger partial charge in [0.25, 0.3) is 6.43 Å². The Labute approximate surface area is 66.0 Å². The number of allylic oxidation sites excluding steroid dienone is 2. The molecule has 7 heteroatoms. The van der Waals surface area contributed by atoms with Crippen LogP contribution in [0.25, 0.3) is 0 Å². The van der Waals surface area contributed by atoms with Crippen LogP contribution < -0.4 is 0 Å². The van der Waals surface area contributed by atoms with Crippen molar-refractivity contribution in [2.75, 3.05) is 0 Å². The van der Waals surface area contributed by atoms with Crippen LogP contribution in [0.4, 0.5) is 26.3 Å². The van der Waals surface area contributed by atoms with Crippen LogP contribution in [-0.2, 0) is 0 Å². The summed E-state index contributed by atoms with van der Waals surface area (Å²) in [6.45, 7) is 0. The zero-order valence-electron chi connectivity index (χ0n) is 4.72. The largest absolute Gasteiger partial charge is 0.354 e. The molecule has 0 saturated carbocycles. The molecule has 0 radical (unpaired) electrons. The fraction of sp³-hybridized carbons (Fsp3) is 0.500. The highest BCUT2D eigenvalue weighted by molar-refractivity contribution is 9.10. The van der Waals surface area contributed by atoms with E-state index in [-0.39, 0.29) is 0 Å². The summed E-state index contributed by atoms with van der Waals surface area (Å²) in [4.78, 5) is -4.37. The molecule has 0 fully saturated rings. The maximum atomic E-state index is 11.8. The fourth-order valence-corrected chi connectivity index (χ4v) is 0.421. The summed E-state index contributed by atoms with van der Waals surface area (Å²) in [5, 5.41) is 0. The summed E-state index contributed by atoms with van der Waals surface area (Å²) < 4.78 is 69.1. The van der Waals surface area contributed by atoms with Gasteiger partial charge in [0.2, 0.25) is 11.7 Å². The normalized spacial score (nSPS) is 15.3. The summed E-state index contributed by atoms with van der Waals surface area (Å²) in [6.07, 6.45) is -3.86. The van der Waals surface area contributed by atoms with E-state index in [1.807, 2.05) is 0 Å². The molecule has 0 aromatic heterocycles. The molecule has 11 heavy (non-hydrogen) atoms. The van der Waals surface area contributed by atoms with Crippen LogP contribution in [0.15, 0.2) is 11.7 Å². The number of hydrogen-bond donors (Lipinski definition) is 0. The van der Waals surface area contributed by atoms with E-state index in [9.17, 15) is 26.3 Å². The molecule has 0 unspecified atom stereocenters. The van der Waals surface area contributed by atoms with Gasteiger partial charge in [-0.2, -0.15) is 8.78 Å². The third-order valence-corrected chi connectivity index (χ3v) is 0.998. The molecule has 66 valence electrons. The molecule has 0 atom stereocenters. The maximum absolute atomic E-state index is 11.8. The van der Waals surface area contributed by atoms with Gasteiger partial charge in [-0.1, -0.05) is 0 Å². The molecule has 0 amide bonds. The van der Waals surface area contributed by atoms with Crippen LogP contribution in [0, 0.1) is 0 Å². The second-order valence-electron chi connectivity index (χ2n) is 1.46. The first-order valence-corrected chi connectivity index (χ1v) is 2.96. The summed E-state index contributed by atoms with van der Waals surface area (Å²) in [5.74, 6) is -5.56. The summed E-state index contributed by atoms with van der Waals surface area (Å²) in [5.41, 5.74) is 0. The molecular weight excluding hydrogens is 242 g/mol. The Balaban J connectivity index is 4.67. The lowest BCUT2D eigenvalue weighted by atomic mass is 10.4. The van der Waals surface area contributed by atoms with Gasteiger partial charge >= 0.3 is 4.83 Å². The minimum atomic E-state index is -4.37. The minimum absolute atomic E-state index is 1.37. The van der Waals surface area contributed by atoms with Crippen molar-refractivity contribution < 1.29 is 26.3 Å². The first kappa shape index (κ1) is 10.8. The van der Waals surface area contributed by atoms with E-state index in [2.05, 4.69) is 0 Å². The Morgan fingerprint density at radius 3 is 1.64 bits per heavy atom. The van der Waals surface area contributed by atoms with Gasteiger partial charge in [-0.15, -0.1) is 0 Å². The van der Waals surface area contributed by atoms with Crippen molar-refractivity contribution in [1.82, 2.24) is 0 Å². The fourth-order valence-electron chi connectivity index (χ4n) is 0.231. The monoisotopic (exact) mass is 242 g/mol.